The SMILES string of the molecule is CCCOc1cc(C)ccc1CNC(=NC)NCCCN1CCCC1. The molecule has 0 spiro atoms. The highest BCUT2D eigenvalue weighted by Gasteiger charge is 2.10. The molecule has 1 aliphatic rings. The highest BCUT2D eigenvalue weighted by atomic mass is 16.5. The number of benzene rings is 1. The molecule has 25 heavy (non-hydrogen) atoms. The van der Waals surface area contributed by atoms with Crippen LogP contribution in [-0.2, 0) is 6.54 Å². The fraction of sp³-hybridized carbons (Fsp3) is 0.650. The third-order valence-corrected chi connectivity index (χ3v) is 4.50. The van der Waals surface area contributed by atoms with Crippen molar-refractivity contribution in [3.63, 3.8) is 0 Å². The summed E-state index contributed by atoms with van der Waals surface area (Å²) in [5, 5.41) is 6.80. The van der Waals surface area contributed by atoms with Gasteiger partial charge in [0, 0.05) is 25.7 Å². The molecular formula is C20H34N4O. The number of hydrogen-bond donors (Lipinski definition) is 2. The maximum Gasteiger partial charge on any atom is 0.191 e. The minimum Gasteiger partial charge on any atom is -0.493 e. The Bertz CT molecular complexity index is 538. The van der Waals surface area contributed by atoms with Gasteiger partial charge in [-0.15, -0.1) is 0 Å². The number of likely N-dealkylation sites (tertiary alicyclic amines) is 1. The second kappa shape index (κ2) is 11.0. The van der Waals surface area contributed by atoms with Crippen molar-refractivity contribution in [1.82, 2.24) is 15.5 Å². The van der Waals surface area contributed by atoms with Crippen LogP contribution in [-0.4, -0.2) is 50.7 Å². The molecule has 0 aromatic heterocycles. The molecule has 5 nitrogen and oxygen atoms in total. The summed E-state index contributed by atoms with van der Waals surface area (Å²) >= 11 is 0. The molecule has 1 aliphatic heterocycles. The standard InChI is InChI=1S/C20H34N4O/c1-4-14-25-19-15-17(2)8-9-18(19)16-23-20(21-3)22-10-7-13-24-11-5-6-12-24/h8-9,15H,4-7,10-14,16H2,1-3H3,(H2,21,22,23). The van der Waals surface area contributed by atoms with Crippen molar-refractivity contribution in [2.75, 3.05) is 39.8 Å². The lowest BCUT2D eigenvalue weighted by molar-refractivity contribution is 0.313. The van der Waals surface area contributed by atoms with Gasteiger partial charge in [-0.2, -0.15) is 0 Å². The zero-order chi connectivity index (χ0) is 17.9. The van der Waals surface area contributed by atoms with E-state index in [9.17, 15) is 0 Å². The Labute approximate surface area is 152 Å². The van der Waals surface area contributed by atoms with Gasteiger partial charge >= 0.3 is 0 Å². The maximum atomic E-state index is 5.88. The first-order chi connectivity index (χ1) is 12.2. The molecule has 140 valence electrons. The van der Waals surface area contributed by atoms with Gasteiger partial charge in [0.15, 0.2) is 5.96 Å². The normalized spacial score (nSPS) is 15.4. The van der Waals surface area contributed by atoms with Crippen LogP contribution in [0.25, 0.3) is 0 Å². The third kappa shape index (κ3) is 6.94. The molecule has 1 saturated heterocycles. The zero-order valence-electron chi connectivity index (χ0n) is 16.1. The highest BCUT2D eigenvalue weighted by Crippen LogP contribution is 2.20. The van der Waals surface area contributed by atoms with Gasteiger partial charge in [-0.1, -0.05) is 19.1 Å². The number of hydrogen-bond acceptors (Lipinski definition) is 3. The van der Waals surface area contributed by atoms with Crippen molar-refractivity contribution in [1.29, 1.82) is 0 Å². The van der Waals surface area contributed by atoms with E-state index in [1.54, 1.807) is 0 Å². The first-order valence-electron chi connectivity index (χ1n) is 9.62. The predicted molar refractivity (Wildman–Crippen MR) is 105 cm³/mol. The minimum atomic E-state index is 0.713. The number of nitrogens with one attached hydrogen (secondary N) is 2. The molecule has 0 saturated carbocycles. The Kier molecular flexibility index (Phi) is 8.60. The lowest BCUT2D eigenvalue weighted by Gasteiger charge is -2.17. The van der Waals surface area contributed by atoms with Crippen LogP contribution in [0.15, 0.2) is 23.2 Å². The fourth-order valence-corrected chi connectivity index (χ4v) is 3.07. The lowest BCUT2D eigenvalue weighted by atomic mass is 10.1. The van der Waals surface area contributed by atoms with E-state index >= 15 is 0 Å². The molecule has 0 amide bonds. The summed E-state index contributed by atoms with van der Waals surface area (Å²) in [5.41, 5.74) is 2.39. The molecule has 5 heteroatoms. The quantitative estimate of drug-likeness (QED) is 0.410. The van der Waals surface area contributed by atoms with Crippen LogP contribution in [0.1, 0.15) is 43.7 Å². The van der Waals surface area contributed by atoms with Crippen LogP contribution in [0.2, 0.25) is 0 Å². The van der Waals surface area contributed by atoms with Crippen molar-refractivity contribution < 1.29 is 4.74 Å². The van der Waals surface area contributed by atoms with Crippen LogP contribution >= 0.6 is 0 Å². The van der Waals surface area contributed by atoms with E-state index in [4.69, 9.17) is 4.74 Å². The molecule has 1 fully saturated rings. The second-order valence-electron chi connectivity index (χ2n) is 6.71. The van der Waals surface area contributed by atoms with Crippen molar-refractivity contribution >= 4 is 5.96 Å². The molecule has 0 radical (unpaired) electrons. The van der Waals surface area contributed by atoms with Gasteiger partial charge in [0.25, 0.3) is 0 Å². The Hall–Kier alpha value is -1.75. The summed E-state index contributed by atoms with van der Waals surface area (Å²) in [7, 11) is 1.82. The van der Waals surface area contributed by atoms with Crippen LogP contribution in [0.3, 0.4) is 0 Å². The molecule has 0 unspecified atom stereocenters. The smallest absolute Gasteiger partial charge is 0.191 e. The van der Waals surface area contributed by atoms with Crippen molar-refractivity contribution in [3.8, 4) is 5.75 Å². The van der Waals surface area contributed by atoms with Crippen molar-refractivity contribution in [2.45, 2.75) is 46.1 Å². The average Bonchev–Trinajstić information content (AvgIpc) is 3.14. The first-order valence-corrected chi connectivity index (χ1v) is 9.62. The molecule has 0 aliphatic carbocycles. The number of aliphatic imine (C=N–C) groups is 1. The van der Waals surface area contributed by atoms with Crippen molar-refractivity contribution in [2.24, 2.45) is 4.99 Å². The minimum absolute atomic E-state index is 0.713. The van der Waals surface area contributed by atoms with Gasteiger partial charge in [-0.3, -0.25) is 4.99 Å². The van der Waals surface area contributed by atoms with Crippen LogP contribution in [0.4, 0.5) is 0 Å². The highest BCUT2D eigenvalue weighted by molar-refractivity contribution is 5.79. The lowest BCUT2D eigenvalue weighted by Crippen LogP contribution is -2.38. The number of nitrogens with zero attached hydrogens (tertiary/aromatic N) is 2. The van der Waals surface area contributed by atoms with Gasteiger partial charge in [0.1, 0.15) is 5.75 Å². The van der Waals surface area contributed by atoms with E-state index in [-0.39, 0.29) is 0 Å². The van der Waals surface area contributed by atoms with Gasteiger partial charge in [0.05, 0.1) is 6.61 Å². The van der Waals surface area contributed by atoms with E-state index in [2.05, 4.69) is 52.6 Å². The van der Waals surface area contributed by atoms with Crippen LogP contribution < -0.4 is 15.4 Å². The molecule has 1 aromatic carbocycles. The molecule has 1 aromatic rings. The Morgan fingerprint density at radius 3 is 2.76 bits per heavy atom. The molecular weight excluding hydrogens is 312 g/mol. The number of ether oxygens (including phenoxy) is 1. The van der Waals surface area contributed by atoms with Gasteiger partial charge < -0.3 is 20.3 Å². The predicted octanol–water partition coefficient (Wildman–Crippen LogP) is 2.93. The zero-order valence-corrected chi connectivity index (χ0v) is 16.1. The Balaban J connectivity index is 1.75. The summed E-state index contributed by atoms with van der Waals surface area (Å²) < 4.78 is 5.88. The summed E-state index contributed by atoms with van der Waals surface area (Å²) in [6, 6.07) is 6.37. The maximum absolute atomic E-state index is 5.88. The largest absolute Gasteiger partial charge is 0.493 e. The first kappa shape index (κ1) is 19.6. The van der Waals surface area contributed by atoms with E-state index in [0.29, 0.717) is 6.54 Å². The Morgan fingerprint density at radius 1 is 1.24 bits per heavy atom. The van der Waals surface area contributed by atoms with E-state index in [0.717, 1.165) is 37.7 Å². The van der Waals surface area contributed by atoms with E-state index in [1.807, 2.05) is 7.05 Å². The second-order valence-corrected chi connectivity index (χ2v) is 6.71. The molecule has 2 N–H and O–H groups in total. The van der Waals surface area contributed by atoms with Gasteiger partial charge in [0.2, 0.25) is 0 Å². The molecule has 0 atom stereocenters. The fourth-order valence-electron chi connectivity index (χ4n) is 3.07. The summed E-state index contributed by atoms with van der Waals surface area (Å²) in [6.45, 7) is 10.3. The number of guanidine groups is 1. The summed E-state index contributed by atoms with van der Waals surface area (Å²) in [5.74, 6) is 1.82. The van der Waals surface area contributed by atoms with Crippen molar-refractivity contribution in [3.05, 3.63) is 29.3 Å². The number of aryl methyl sites for hydroxylation is 1. The number of rotatable bonds is 9. The molecule has 0 bridgehead atoms. The summed E-state index contributed by atoms with van der Waals surface area (Å²) in [6.07, 6.45) is 4.88. The monoisotopic (exact) mass is 346 g/mol. The van der Waals surface area contributed by atoms with Crippen LogP contribution in [0.5, 0.6) is 5.75 Å². The van der Waals surface area contributed by atoms with E-state index in [1.165, 1.54) is 43.6 Å². The average molecular weight is 347 g/mol. The third-order valence-electron chi connectivity index (χ3n) is 4.50. The topological polar surface area (TPSA) is 48.9 Å². The molecule has 2 rings (SSSR count). The summed E-state index contributed by atoms with van der Waals surface area (Å²) in [4.78, 5) is 6.87. The Morgan fingerprint density at radius 2 is 2.04 bits per heavy atom. The van der Waals surface area contributed by atoms with Crippen LogP contribution in [0, 0.1) is 6.92 Å². The van der Waals surface area contributed by atoms with E-state index < -0.39 is 0 Å². The van der Waals surface area contributed by atoms with Gasteiger partial charge in [-0.05, 0) is 63.9 Å². The van der Waals surface area contributed by atoms with Gasteiger partial charge in [-0.25, -0.2) is 0 Å². The molecule has 1 heterocycles.